The summed E-state index contributed by atoms with van der Waals surface area (Å²) >= 11 is 0. The van der Waals surface area contributed by atoms with Gasteiger partial charge in [-0.2, -0.15) is 0 Å². The van der Waals surface area contributed by atoms with E-state index < -0.39 is 21.3 Å². The number of nitrogens with one attached hydrogen (secondary N) is 1. The summed E-state index contributed by atoms with van der Waals surface area (Å²) in [5.41, 5.74) is 0.0930. The number of halogens is 1. The Morgan fingerprint density at radius 1 is 1.19 bits per heavy atom. The van der Waals surface area contributed by atoms with Crippen molar-refractivity contribution in [3.63, 3.8) is 0 Å². The number of anilines is 2. The number of aromatic nitrogens is 1. The first kappa shape index (κ1) is 23.8. The number of likely N-dealkylation sites (tertiary alicyclic amines) is 1. The summed E-state index contributed by atoms with van der Waals surface area (Å²) in [6.07, 6.45) is 4.99. The van der Waals surface area contributed by atoms with Crippen LogP contribution >= 0.6 is 0 Å². The van der Waals surface area contributed by atoms with Crippen LogP contribution in [-0.4, -0.2) is 55.4 Å². The Bertz CT molecular complexity index is 1080. The van der Waals surface area contributed by atoms with E-state index in [-0.39, 0.29) is 22.8 Å². The first-order valence-corrected chi connectivity index (χ1v) is 12.2. The average molecular weight is 466 g/mol. The van der Waals surface area contributed by atoms with Crippen molar-refractivity contribution in [2.24, 2.45) is 0 Å². The average Bonchev–Trinajstić information content (AvgIpc) is 2.68. The highest BCUT2D eigenvalue weighted by Gasteiger charge is 2.27. The van der Waals surface area contributed by atoms with E-state index in [1.54, 1.807) is 17.2 Å². The number of piperidine rings is 1. The van der Waals surface area contributed by atoms with E-state index in [4.69, 9.17) is 9.47 Å². The molecule has 1 aliphatic heterocycles. The molecule has 0 radical (unpaired) electrons. The van der Waals surface area contributed by atoms with Crippen molar-refractivity contribution in [1.29, 1.82) is 0 Å². The normalized spacial score (nSPS) is 15.3. The minimum absolute atomic E-state index is 0.0866. The zero-order valence-corrected chi connectivity index (χ0v) is 19.4. The van der Waals surface area contributed by atoms with E-state index in [1.165, 1.54) is 18.3 Å². The maximum absolute atomic E-state index is 14.3. The van der Waals surface area contributed by atoms with Crippen molar-refractivity contribution in [2.75, 3.05) is 24.7 Å². The van der Waals surface area contributed by atoms with Gasteiger partial charge < -0.3 is 19.7 Å². The third-order valence-electron chi connectivity index (χ3n) is 4.76. The number of ether oxygens (including phenoxy) is 2. The van der Waals surface area contributed by atoms with Gasteiger partial charge in [-0.1, -0.05) is 0 Å². The van der Waals surface area contributed by atoms with Gasteiger partial charge in [-0.05, 0) is 39.0 Å². The molecule has 0 atom stereocenters. The van der Waals surface area contributed by atoms with Gasteiger partial charge in [-0.3, -0.25) is 4.98 Å². The summed E-state index contributed by atoms with van der Waals surface area (Å²) in [7, 11) is -3.49. The van der Waals surface area contributed by atoms with E-state index in [0.29, 0.717) is 37.4 Å². The first-order chi connectivity index (χ1) is 14.9. The quantitative estimate of drug-likeness (QED) is 0.708. The Morgan fingerprint density at radius 3 is 2.47 bits per heavy atom. The second-order valence-corrected chi connectivity index (χ2v) is 10.7. The number of hydrogen-bond acceptors (Lipinski definition) is 7. The Balaban J connectivity index is 1.59. The molecule has 32 heavy (non-hydrogen) atoms. The van der Waals surface area contributed by atoms with Gasteiger partial charge in [0.25, 0.3) is 0 Å². The summed E-state index contributed by atoms with van der Waals surface area (Å²) in [4.78, 5) is 17.9. The number of rotatable bonds is 5. The Morgan fingerprint density at radius 2 is 1.88 bits per heavy atom. The summed E-state index contributed by atoms with van der Waals surface area (Å²) < 4.78 is 48.9. The highest BCUT2D eigenvalue weighted by molar-refractivity contribution is 7.90. The van der Waals surface area contributed by atoms with Gasteiger partial charge in [0, 0.05) is 38.3 Å². The second kappa shape index (κ2) is 9.32. The number of pyridine rings is 1. The molecule has 174 valence electrons. The van der Waals surface area contributed by atoms with E-state index in [9.17, 15) is 17.6 Å². The van der Waals surface area contributed by atoms with E-state index >= 15 is 0 Å². The molecule has 2 heterocycles. The third kappa shape index (κ3) is 6.56. The van der Waals surface area contributed by atoms with E-state index in [1.807, 2.05) is 20.8 Å². The van der Waals surface area contributed by atoms with Gasteiger partial charge in [-0.15, -0.1) is 0 Å². The highest BCUT2D eigenvalue weighted by atomic mass is 32.2. The molecule has 0 aliphatic carbocycles. The van der Waals surface area contributed by atoms with Crippen LogP contribution < -0.4 is 10.1 Å². The summed E-state index contributed by atoms with van der Waals surface area (Å²) in [5.74, 6) is -0.173. The lowest BCUT2D eigenvalue weighted by atomic mass is 10.1. The summed E-state index contributed by atoms with van der Waals surface area (Å²) in [6.45, 7) is 6.56. The monoisotopic (exact) mass is 465 g/mol. The molecule has 1 saturated heterocycles. The molecule has 0 bridgehead atoms. The van der Waals surface area contributed by atoms with Crippen LogP contribution in [0.15, 0.2) is 41.6 Å². The number of sulfone groups is 1. The number of carbonyl (C=O) groups is 1. The van der Waals surface area contributed by atoms with E-state index in [0.717, 1.165) is 12.3 Å². The molecule has 8 nitrogen and oxygen atoms in total. The Labute approximate surface area is 187 Å². The lowest BCUT2D eigenvalue weighted by Gasteiger charge is -2.33. The van der Waals surface area contributed by atoms with Crippen LogP contribution in [0.5, 0.6) is 5.75 Å². The highest BCUT2D eigenvalue weighted by Crippen LogP contribution is 2.26. The van der Waals surface area contributed by atoms with Crippen LogP contribution in [0.3, 0.4) is 0 Å². The number of carbonyl (C=O) groups excluding carboxylic acids is 1. The topological polar surface area (TPSA) is 97.8 Å². The summed E-state index contributed by atoms with van der Waals surface area (Å²) in [6, 6.07) is 5.37. The van der Waals surface area contributed by atoms with Crippen LogP contribution in [0.25, 0.3) is 0 Å². The third-order valence-corrected chi connectivity index (χ3v) is 5.87. The molecule has 1 aromatic heterocycles. The SMILES string of the molecule is CC(C)(C)OC(=O)N1CCC(Oc2cncc(Nc3ccc(S(C)(=O)=O)cc3F)c2)CC1. The van der Waals surface area contributed by atoms with Crippen molar-refractivity contribution in [1.82, 2.24) is 9.88 Å². The van der Waals surface area contributed by atoms with Crippen LogP contribution in [0, 0.1) is 5.82 Å². The molecule has 1 N–H and O–H groups in total. The minimum atomic E-state index is -3.49. The van der Waals surface area contributed by atoms with Crippen molar-refractivity contribution in [2.45, 2.75) is 50.2 Å². The molecule has 0 unspecified atom stereocenters. The zero-order valence-electron chi connectivity index (χ0n) is 18.6. The van der Waals surface area contributed by atoms with Gasteiger partial charge in [0.2, 0.25) is 0 Å². The number of nitrogens with zero attached hydrogens (tertiary/aromatic N) is 2. The van der Waals surface area contributed by atoms with Crippen LogP contribution in [0.4, 0.5) is 20.6 Å². The molecule has 3 rings (SSSR count). The van der Waals surface area contributed by atoms with Gasteiger partial charge in [0.1, 0.15) is 23.3 Å². The molecule has 1 amide bonds. The molecule has 1 fully saturated rings. The molecule has 2 aromatic rings. The van der Waals surface area contributed by atoms with Crippen molar-refractivity contribution in [3.8, 4) is 5.75 Å². The van der Waals surface area contributed by atoms with Gasteiger partial charge in [0.15, 0.2) is 9.84 Å². The molecule has 0 saturated carbocycles. The molecule has 1 aliphatic rings. The fourth-order valence-electron chi connectivity index (χ4n) is 3.21. The van der Waals surface area contributed by atoms with Crippen molar-refractivity contribution in [3.05, 3.63) is 42.5 Å². The lowest BCUT2D eigenvalue weighted by Crippen LogP contribution is -2.44. The van der Waals surface area contributed by atoms with Gasteiger partial charge in [0.05, 0.1) is 28.7 Å². The van der Waals surface area contributed by atoms with Crippen LogP contribution in [-0.2, 0) is 14.6 Å². The predicted molar refractivity (Wildman–Crippen MR) is 118 cm³/mol. The maximum Gasteiger partial charge on any atom is 0.410 e. The van der Waals surface area contributed by atoms with Gasteiger partial charge in [-0.25, -0.2) is 17.6 Å². The molecular formula is C22H28FN3O5S. The second-order valence-electron chi connectivity index (χ2n) is 8.73. The molecule has 0 spiro atoms. The van der Waals surface area contributed by atoms with Crippen LogP contribution in [0.2, 0.25) is 0 Å². The first-order valence-electron chi connectivity index (χ1n) is 10.3. The largest absolute Gasteiger partial charge is 0.489 e. The summed E-state index contributed by atoms with van der Waals surface area (Å²) in [5, 5.41) is 2.89. The Kier molecular flexibility index (Phi) is 6.92. The molecule has 1 aromatic carbocycles. The molecule has 10 heteroatoms. The maximum atomic E-state index is 14.3. The Hall–Kier alpha value is -2.88. The van der Waals surface area contributed by atoms with Crippen LogP contribution in [0.1, 0.15) is 33.6 Å². The zero-order chi connectivity index (χ0) is 23.5. The standard InChI is InChI=1S/C22H28FN3O5S/c1-22(2,3)31-21(27)26-9-7-16(8-10-26)30-17-11-15(13-24-14-17)25-20-6-5-18(12-19(20)23)32(4,28)29/h5-6,11-14,16,25H,7-10H2,1-4H3. The van der Waals surface area contributed by atoms with Gasteiger partial charge >= 0.3 is 6.09 Å². The smallest absolute Gasteiger partial charge is 0.410 e. The number of hydrogen-bond donors (Lipinski definition) is 1. The van der Waals surface area contributed by atoms with Crippen molar-refractivity contribution < 1.29 is 27.1 Å². The molecular weight excluding hydrogens is 437 g/mol. The van der Waals surface area contributed by atoms with E-state index in [2.05, 4.69) is 10.3 Å². The number of benzene rings is 1. The lowest BCUT2D eigenvalue weighted by molar-refractivity contribution is 0.0126. The predicted octanol–water partition coefficient (Wildman–Crippen LogP) is 4.15. The number of amides is 1. The minimum Gasteiger partial charge on any atom is -0.489 e. The van der Waals surface area contributed by atoms with Crippen molar-refractivity contribution >= 4 is 27.3 Å². The fraction of sp³-hybridized carbons (Fsp3) is 0.455. The fourth-order valence-corrected chi connectivity index (χ4v) is 3.84.